The largest absolute Gasteiger partial charge is 0.493 e. The Morgan fingerprint density at radius 1 is 1.00 bits per heavy atom. The van der Waals surface area contributed by atoms with Crippen molar-refractivity contribution in [3.05, 3.63) is 68.9 Å². The summed E-state index contributed by atoms with van der Waals surface area (Å²) in [5, 5.41) is 3.27. The molecule has 8 nitrogen and oxygen atoms in total. The van der Waals surface area contributed by atoms with Crippen LogP contribution in [-0.4, -0.2) is 35.8 Å². The van der Waals surface area contributed by atoms with Crippen LogP contribution < -0.4 is 26.0 Å². The molecule has 31 heavy (non-hydrogen) atoms. The van der Waals surface area contributed by atoms with Crippen molar-refractivity contribution < 1.29 is 14.3 Å². The number of benzene rings is 2. The lowest BCUT2D eigenvalue weighted by atomic mass is 10.1. The monoisotopic (exact) mass is 425 g/mol. The third kappa shape index (κ3) is 4.79. The van der Waals surface area contributed by atoms with E-state index in [0.717, 1.165) is 5.56 Å². The summed E-state index contributed by atoms with van der Waals surface area (Å²) >= 11 is 0. The lowest BCUT2D eigenvalue weighted by Gasteiger charge is -2.14. The van der Waals surface area contributed by atoms with Gasteiger partial charge in [-0.2, -0.15) is 0 Å². The Morgan fingerprint density at radius 2 is 1.74 bits per heavy atom. The highest BCUT2D eigenvalue weighted by Crippen LogP contribution is 2.27. The van der Waals surface area contributed by atoms with Crippen molar-refractivity contribution in [1.29, 1.82) is 0 Å². The molecule has 0 fully saturated rings. The van der Waals surface area contributed by atoms with Crippen molar-refractivity contribution in [2.75, 3.05) is 20.8 Å². The number of methoxy groups -OCH3 is 2. The van der Waals surface area contributed by atoms with Crippen LogP contribution in [0.2, 0.25) is 0 Å². The van der Waals surface area contributed by atoms with Gasteiger partial charge in [0.1, 0.15) is 6.54 Å². The topological polar surface area (TPSA) is 91.6 Å². The first-order chi connectivity index (χ1) is 15.0. The predicted octanol–water partition coefficient (Wildman–Crippen LogP) is 1.95. The van der Waals surface area contributed by atoms with E-state index in [2.05, 4.69) is 5.32 Å². The first kappa shape index (κ1) is 22.1. The zero-order valence-electron chi connectivity index (χ0n) is 18.0. The second-order valence-corrected chi connectivity index (χ2v) is 7.13. The first-order valence-electron chi connectivity index (χ1n) is 10.2. The molecular weight excluding hydrogens is 398 g/mol. The minimum atomic E-state index is -0.472. The number of ether oxygens (including phenoxy) is 2. The van der Waals surface area contributed by atoms with E-state index in [9.17, 15) is 14.4 Å². The fourth-order valence-corrected chi connectivity index (χ4v) is 3.53. The van der Waals surface area contributed by atoms with Crippen molar-refractivity contribution >= 4 is 16.8 Å². The lowest BCUT2D eigenvalue weighted by molar-refractivity contribution is -0.121. The fraction of sp³-hybridized carbons (Fsp3) is 0.348. The molecule has 1 aromatic heterocycles. The smallest absolute Gasteiger partial charge is 0.331 e. The van der Waals surface area contributed by atoms with Gasteiger partial charge in [0, 0.05) is 13.1 Å². The van der Waals surface area contributed by atoms with Crippen LogP contribution in [0.4, 0.5) is 0 Å². The van der Waals surface area contributed by atoms with E-state index in [-0.39, 0.29) is 18.0 Å². The maximum atomic E-state index is 12.9. The molecule has 0 aliphatic carbocycles. The summed E-state index contributed by atoms with van der Waals surface area (Å²) in [5.41, 5.74) is 0.644. The van der Waals surface area contributed by atoms with Gasteiger partial charge in [-0.05, 0) is 42.7 Å². The van der Waals surface area contributed by atoms with Gasteiger partial charge in [-0.1, -0.05) is 25.1 Å². The molecule has 0 aliphatic heterocycles. The summed E-state index contributed by atoms with van der Waals surface area (Å²) in [4.78, 5) is 38.1. The molecule has 0 spiro atoms. The summed E-state index contributed by atoms with van der Waals surface area (Å²) in [6.45, 7) is 2.45. The van der Waals surface area contributed by atoms with Crippen molar-refractivity contribution in [3.63, 3.8) is 0 Å². The molecule has 1 amide bonds. The Hall–Kier alpha value is -3.55. The summed E-state index contributed by atoms with van der Waals surface area (Å²) in [5.74, 6) is 0.973. The van der Waals surface area contributed by atoms with Gasteiger partial charge in [0.25, 0.3) is 5.56 Å². The van der Waals surface area contributed by atoms with Gasteiger partial charge in [-0.15, -0.1) is 0 Å². The SMILES string of the molecule is CCCn1c(=O)c2ccccc2n(CC(=O)NCCc2ccc(OC)c(OC)c2)c1=O. The number of carbonyl (C=O) groups is 1. The third-order valence-corrected chi connectivity index (χ3v) is 5.06. The van der Waals surface area contributed by atoms with Crippen LogP contribution in [0.3, 0.4) is 0 Å². The van der Waals surface area contributed by atoms with E-state index in [1.807, 2.05) is 25.1 Å². The summed E-state index contributed by atoms with van der Waals surface area (Å²) in [6.07, 6.45) is 1.24. The minimum absolute atomic E-state index is 0.157. The maximum absolute atomic E-state index is 12.9. The van der Waals surface area contributed by atoms with Crippen LogP contribution in [0.5, 0.6) is 11.5 Å². The highest BCUT2D eigenvalue weighted by Gasteiger charge is 2.14. The molecule has 0 aliphatic rings. The Balaban J connectivity index is 1.75. The van der Waals surface area contributed by atoms with E-state index in [1.165, 1.54) is 9.13 Å². The zero-order chi connectivity index (χ0) is 22.4. The van der Waals surface area contributed by atoms with Crippen molar-refractivity contribution in [3.8, 4) is 11.5 Å². The number of nitrogens with zero attached hydrogens (tertiary/aromatic N) is 2. The number of para-hydroxylation sites is 1. The summed E-state index contributed by atoms with van der Waals surface area (Å²) < 4.78 is 13.1. The highest BCUT2D eigenvalue weighted by molar-refractivity contribution is 5.81. The second kappa shape index (κ2) is 9.97. The molecule has 0 radical (unpaired) electrons. The quantitative estimate of drug-likeness (QED) is 0.566. The molecule has 164 valence electrons. The number of hydrogen-bond donors (Lipinski definition) is 1. The number of amides is 1. The highest BCUT2D eigenvalue weighted by atomic mass is 16.5. The van der Waals surface area contributed by atoms with E-state index in [4.69, 9.17) is 9.47 Å². The van der Waals surface area contributed by atoms with Crippen LogP contribution in [-0.2, 0) is 24.3 Å². The summed E-state index contributed by atoms with van der Waals surface area (Å²) in [6, 6.07) is 12.4. The Labute approximate surface area is 180 Å². The molecule has 1 N–H and O–H groups in total. The van der Waals surface area contributed by atoms with Gasteiger partial charge in [0.2, 0.25) is 5.91 Å². The van der Waals surface area contributed by atoms with E-state index in [1.54, 1.807) is 38.5 Å². The van der Waals surface area contributed by atoms with Crippen molar-refractivity contribution in [1.82, 2.24) is 14.5 Å². The number of nitrogens with one attached hydrogen (secondary N) is 1. The minimum Gasteiger partial charge on any atom is -0.493 e. The predicted molar refractivity (Wildman–Crippen MR) is 119 cm³/mol. The molecule has 0 atom stereocenters. The van der Waals surface area contributed by atoms with Gasteiger partial charge < -0.3 is 14.8 Å². The number of aromatic nitrogens is 2. The molecule has 3 rings (SSSR count). The van der Waals surface area contributed by atoms with Gasteiger partial charge in [0.05, 0.1) is 25.1 Å². The van der Waals surface area contributed by atoms with Crippen LogP contribution in [0.25, 0.3) is 10.9 Å². The molecule has 0 saturated heterocycles. The van der Waals surface area contributed by atoms with Crippen LogP contribution in [0.15, 0.2) is 52.1 Å². The second-order valence-electron chi connectivity index (χ2n) is 7.13. The Kier molecular flexibility index (Phi) is 7.12. The molecular formula is C23H27N3O5. The van der Waals surface area contributed by atoms with E-state index >= 15 is 0 Å². The number of carbonyl (C=O) groups excluding carboxylic acids is 1. The zero-order valence-corrected chi connectivity index (χ0v) is 18.0. The average molecular weight is 425 g/mol. The van der Waals surface area contributed by atoms with Crippen molar-refractivity contribution in [2.45, 2.75) is 32.9 Å². The number of fused-ring (bicyclic) bond motifs is 1. The normalized spacial score (nSPS) is 10.8. The molecule has 0 unspecified atom stereocenters. The molecule has 0 bridgehead atoms. The Morgan fingerprint density at radius 3 is 2.45 bits per heavy atom. The fourth-order valence-electron chi connectivity index (χ4n) is 3.53. The lowest BCUT2D eigenvalue weighted by Crippen LogP contribution is -2.42. The van der Waals surface area contributed by atoms with Gasteiger partial charge in [0.15, 0.2) is 11.5 Å². The summed E-state index contributed by atoms with van der Waals surface area (Å²) in [7, 11) is 3.15. The van der Waals surface area contributed by atoms with E-state index in [0.29, 0.717) is 48.3 Å². The average Bonchev–Trinajstić information content (AvgIpc) is 2.79. The molecule has 3 aromatic rings. The molecule has 0 saturated carbocycles. The number of rotatable bonds is 9. The molecule has 8 heteroatoms. The van der Waals surface area contributed by atoms with Crippen LogP contribution in [0.1, 0.15) is 18.9 Å². The van der Waals surface area contributed by atoms with E-state index < -0.39 is 5.69 Å². The van der Waals surface area contributed by atoms with Crippen molar-refractivity contribution in [2.24, 2.45) is 0 Å². The maximum Gasteiger partial charge on any atom is 0.331 e. The molecule has 2 aromatic carbocycles. The number of hydrogen-bond acceptors (Lipinski definition) is 5. The van der Waals surface area contributed by atoms with Gasteiger partial charge in [-0.25, -0.2) is 4.79 Å². The van der Waals surface area contributed by atoms with Gasteiger partial charge in [-0.3, -0.25) is 18.7 Å². The molecule has 1 heterocycles. The first-order valence-corrected chi connectivity index (χ1v) is 10.2. The van der Waals surface area contributed by atoms with Gasteiger partial charge >= 0.3 is 5.69 Å². The Bertz CT molecular complexity index is 1200. The van der Waals surface area contributed by atoms with Crippen LogP contribution in [0, 0.1) is 0 Å². The standard InChI is InChI=1S/C23H27N3O5/c1-4-13-25-22(28)17-7-5-6-8-18(17)26(23(25)29)15-21(27)24-12-11-16-9-10-19(30-2)20(14-16)31-3/h5-10,14H,4,11-13,15H2,1-3H3,(H,24,27). The van der Waals surface area contributed by atoms with Crippen LogP contribution >= 0.6 is 0 Å². The third-order valence-electron chi connectivity index (χ3n) is 5.06.